The predicted molar refractivity (Wildman–Crippen MR) is 90.8 cm³/mol. The van der Waals surface area contributed by atoms with Crippen LogP contribution in [0.15, 0.2) is 0 Å². The van der Waals surface area contributed by atoms with Crippen LogP contribution in [0.5, 0.6) is 0 Å². The zero-order valence-corrected chi connectivity index (χ0v) is 15.3. The Morgan fingerprint density at radius 2 is 1.71 bits per heavy atom. The summed E-state index contributed by atoms with van der Waals surface area (Å²) in [7, 11) is 0. The highest BCUT2D eigenvalue weighted by Crippen LogP contribution is 2.66. The van der Waals surface area contributed by atoms with E-state index in [0.29, 0.717) is 23.2 Å². The largest absolute Gasteiger partial charge is 0.550 e. The van der Waals surface area contributed by atoms with Crippen LogP contribution in [0.25, 0.3) is 0 Å². The standard InChI is InChI=1S/C21H34O3/c1-20-9-7-13(12-19(23)24)11-14(20)3-4-15-16-5-6-18(22)21(16,2)10-8-17(15)20/h13-18,22H,3-12H2,1-2H3,(H,23,24)/p-1/t13-,14-,15-,16+,17-,18-,20-,21-/m0/s1. The summed E-state index contributed by atoms with van der Waals surface area (Å²) >= 11 is 0. The van der Waals surface area contributed by atoms with Crippen molar-refractivity contribution in [2.24, 2.45) is 40.4 Å². The fourth-order valence-electron chi connectivity index (χ4n) is 7.74. The second-order valence-corrected chi connectivity index (χ2v) is 10.0. The van der Waals surface area contributed by atoms with Gasteiger partial charge in [0.05, 0.1) is 6.10 Å². The number of carboxylic acid groups (broad SMARTS) is 1. The molecule has 0 heterocycles. The zero-order valence-electron chi connectivity index (χ0n) is 15.3. The van der Waals surface area contributed by atoms with E-state index in [0.717, 1.165) is 31.1 Å². The molecule has 4 saturated carbocycles. The van der Waals surface area contributed by atoms with Gasteiger partial charge in [0.1, 0.15) is 0 Å². The maximum Gasteiger partial charge on any atom is 0.0596 e. The molecule has 4 rings (SSSR count). The second kappa shape index (κ2) is 5.72. The van der Waals surface area contributed by atoms with E-state index in [9.17, 15) is 15.0 Å². The first-order chi connectivity index (χ1) is 11.3. The Labute approximate surface area is 146 Å². The van der Waals surface area contributed by atoms with Crippen LogP contribution in [-0.2, 0) is 4.79 Å². The van der Waals surface area contributed by atoms with E-state index in [1.54, 1.807) is 0 Å². The number of carboxylic acids is 1. The van der Waals surface area contributed by atoms with Crippen LogP contribution in [0.3, 0.4) is 0 Å². The van der Waals surface area contributed by atoms with E-state index in [1.807, 2.05) is 0 Å². The minimum Gasteiger partial charge on any atom is -0.550 e. The number of carbonyl (C=O) groups excluding carboxylic acids is 1. The van der Waals surface area contributed by atoms with Crippen molar-refractivity contribution < 1.29 is 15.0 Å². The smallest absolute Gasteiger partial charge is 0.0596 e. The highest BCUT2D eigenvalue weighted by atomic mass is 16.4. The molecule has 0 aromatic rings. The summed E-state index contributed by atoms with van der Waals surface area (Å²) in [5.41, 5.74) is 0.566. The van der Waals surface area contributed by atoms with Crippen LogP contribution >= 0.6 is 0 Å². The summed E-state index contributed by atoms with van der Waals surface area (Å²) in [6, 6.07) is 0. The van der Waals surface area contributed by atoms with Gasteiger partial charge in [0, 0.05) is 5.97 Å². The molecule has 0 aliphatic heterocycles. The van der Waals surface area contributed by atoms with Gasteiger partial charge in [-0.15, -0.1) is 0 Å². The lowest BCUT2D eigenvalue weighted by molar-refractivity contribution is -0.307. The number of aliphatic carboxylic acids is 1. The summed E-state index contributed by atoms with van der Waals surface area (Å²) in [4.78, 5) is 11.0. The van der Waals surface area contributed by atoms with Crippen molar-refractivity contribution in [2.75, 3.05) is 0 Å². The minimum atomic E-state index is -0.870. The molecular weight excluding hydrogens is 300 g/mol. The normalized spacial score (nSPS) is 53.8. The average molecular weight is 333 g/mol. The van der Waals surface area contributed by atoms with Crippen LogP contribution < -0.4 is 5.11 Å². The molecule has 4 aliphatic carbocycles. The predicted octanol–water partition coefficient (Wildman–Crippen LogP) is 3.15. The number of hydrogen-bond acceptors (Lipinski definition) is 3. The fraction of sp³-hybridized carbons (Fsp3) is 0.952. The van der Waals surface area contributed by atoms with Crippen LogP contribution in [0.4, 0.5) is 0 Å². The average Bonchev–Trinajstić information content (AvgIpc) is 2.83. The molecule has 0 bridgehead atoms. The van der Waals surface area contributed by atoms with E-state index in [1.165, 1.54) is 38.5 Å². The van der Waals surface area contributed by atoms with Crippen molar-refractivity contribution in [3.63, 3.8) is 0 Å². The van der Waals surface area contributed by atoms with E-state index < -0.39 is 5.97 Å². The molecule has 0 radical (unpaired) electrons. The van der Waals surface area contributed by atoms with Crippen molar-refractivity contribution in [2.45, 2.75) is 84.2 Å². The summed E-state index contributed by atoms with van der Waals surface area (Å²) in [5.74, 6) is 2.47. The van der Waals surface area contributed by atoms with Gasteiger partial charge in [-0.1, -0.05) is 13.8 Å². The molecule has 24 heavy (non-hydrogen) atoms. The van der Waals surface area contributed by atoms with Crippen LogP contribution in [0.1, 0.15) is 78.1 Å². The molecule has 0 amide bonds. The van der Waals surface area contributed by atoms with E-state index >= 15 is 0 Å². The number of aliphatic hydroxyl groups excluding tert-OH is 1. The van der Waals surface area contributed by atoms with E-state index in [2.05, 4.69) is 13.8 Å². The van der Waals surface area contributed by atoms with Crippen molar-refractivity contribution in [3.8, 4) is 0 Å². The first-order valence-corrected chi connectivity index (χ1v) is 10.2. The molecule has 0 aromatic carbocycles. The third kappa shape index (κ3) is 2.37. The van der Waals surface area contributed by atoms with Gasteiger partial charge in [0.25, 0.3) is 0 Å². The Balaban J connectivity index is 1.53. The molecule has 0 saturated heterocycles. The maximum atomic E-state index is 11.0. The Bertz CT molecular complexity index is 517. The van der Waals surface area contributed by atoms with Gasteiger partial charge in [-0.25, -0.2) is 0 Å². The van der Waals surface area contributed by atoms with Crippen molar-refractivity contribution in [1.29, 1.82) is 0 Å². The summed E-state index contributed by atoms with van der Waals surface area (Å²) < 4.78 is 0. The Morgan fingerprint density at radius 3 is 2.46 bits per heavy atom. The Hall–Kier alpha value is -0.570. The number of rotatable bonds is 2. The van der Waals surface area contributed by atoms with Crippen molar-refractivity contribution in [1.82, 2.24) is 0 Å². The number of hydrogen-bond donors (Lipinski definition) is 1. The first kappa shape index (κ1) is 16.9. The van der Waals surface area contributed by atoms with Gasteiger partial charge in [0.15, 0.2) is 0 Å². The number of carbonyl (C=O) groups is 1. The van der Waals surface area contributed by atoms with Gasteiger partial charge >= 0.3 is 0 Å². The molecule has 136 valence electrons. The molecule has 0 spiro atoms. The third-order valence-electron chi connectivity index (χ3n) is 9.18. The van der Waals surface area contributed by atoms with Gasteiger partial charge in [0.2, 0.25) is 0 Å². The third-order valence-corrected chi connectivity index (χ3v) is 9.18. The van der Waals surface area contributed by atoms with Crippen LogP contribution in [0.2, 0.25) is 0 Å². The monoisotopic (exact) mass is 333 g/mol. The topological polar surface area (TPSA) is 60.4 Å². The summed E-state index contributed by atoms with van der Waals surface area (Å²) in [6.45, 7) is 4.86. The van der Waals surface area contributed by atoms with Crippen molar-refractivity contribution >= 4 is 5.97 Å². The molecule has 4 fully saturated rings. The summed E-state index contributed by atoms with van der Waals surface area (Å²) in [6.07, 6.45) is 10.8. The summed E-state index contributed by atoms with van der Waals surface area (Å²) in [5, 5.41) is 21.5. The van der Waals surface area contributed by atoms with E-state index in [4.69, 9.17) is 0 Å². The number of aliphatic hydroxyl groups is 1. The molecule has 4 aliphatic rings. The number of fused-ring (bicyclic) bond motifs is 5. The fourth-order valence-corrected chi connectivity index (χ4v) is 7.74. The lowest BCUT2D eigenvalue weighted by atomic mass is 9.44. The van der Waals surface area contributed by atoms with Crippen molar-refractivity contribution in [3.05, 3.63) is 0 Å². The Kier molecular flexibility index (Phi) is 4.02. The van der Waals surface area contributed by atoms with Gasteiger partial charge in [-0.05, 0) is 105 Å². The first-order valence-electron chi connectivity index (χ1n) is 10.2. The molecule has 8 atom stereocenters. The van der Waals surface area contributed by atoms with Gasteiger partial charge in [-0.3, -0.25) is 0 Å². The molecule has 3 heteroatoms. The van der Waals surface area contributed by atoms with E-state index in [-0.39, 0.29) is 17.9 Å². The highest BCUT2D eigenvalue weighted by Gasteiger charge is 2.59. The lowest BCUT2D eigenvalue weighted by Gasteiger charge is -2.61. The quantitative estimate of drug-likeness (QED) is 0.844. The molecular formula is C21H33O3-. The Morgan fingerprint density at radius 1 is 1.00 bits per heavy atom. The lowest BCUT2D eigenvalue weighted by Crippen LogP contribution is -2.54. The van der Waals surface area contributed by atoms with Gasteiger partial charge < -0.3 is 15.0 Å². The van der Waals surface area contributed by atoms with Gasteiger partial charge in [-0.2, -0.15) is 0 Å². The minimum absolute atomic E-state index is 0.0900. The highest BCUT2D eigenvalue weighted by molar-refractivity contribution is 5.64. The van der Waals surface area contributed by atoms with Crippen LogP contribution in [0, 0.1) is 40.4 Å². The van der Waals surface area contributed by atoms with Crippen LogP contribution in [-0.4, -0.2) is 17.2 Å². The molecule has 0 unspecified atom stereocenters. The molecule has 3 nitrogen and oxygen atoms in total. The SMILES string of the molecule is C[C@]12CC[C@H]3[C@@H](CC[C@H]4C[C@@H](CC(=O)[O-])CC[C@@]43C)[C@H]1CC[C@@H]2O. The molecule has 0 aromatic heterocycles. The second-order valence-electron chi connectivity index (χ2n) is 10.0. The molecule has 1 N–H and O–H groups in total. The zero-order chi connectivity index (χ0) is 17.1. The maximum absolute atomic E-state index is 11.0.